The summed E-state index contributed by atoms with van der Waals surface area (Å²) in [6.07, 6.45) is 4.46. The minimum atomic E-state index is -0.745. The second-order valence-corrected chi connectivity index (χ2v) is 4.38. The lowest BCUT2D eigenvalue weighted by Gasteiger charge is -2.29. The third-order valence-electron chi connectivity index (χ3n) is 3.08. The maximum Gasteiger partial charge on any atom is 0.304 e. The van der Waals surface area contributed by atoms with Crippen molar-refractivity contribution in [1.82, 2.24) is 5.32 Å². The molecule has 88 valence electrons. The van der Waals surface area contributed by atoms with Crippen LogP contribution in [0.15, 0.2) is 0 Å². The van der Waals surface area contributed by atoms with Crippen molar-refractivity contribution >= 4 is 5.97 Å². The molecule has 4 nitrogen and oxygen atoms in total. The Morgan fingerprint density at radius 3 is 2.47 bits per heavy atom. The normalized spacial score (nSPS) is 28.7. The van der Waals surface area contributed by atoms with Crippen LogP contribution in [0.4, 0.5) is 0 Å². The molecule has 3 N–H and O–H groups in total. The molecule has 0 aromatic rings. The first-order valence-corrected chi connectivity index (χ1v) is 5.77. The Labute approximate surface area is 90.7 Å². The van der Waals surface area contributed by atoms with Gasteiger partial charge in [0.1, 0.15) is 0 Å². The van der Waals surface area contributed by atoms with Gasteiger partial charge in [0.05, 0.1) is 12.5 Å². The van der Waals surface area contributed by atoms with Crippen LogP contribution in [0.25, 0.3) is 0 Å². The van der Waals surface area contributed by atoms with Gasteiger partial charge in [-0.3, -0.25) is 4.79 Å². The molecule has 1 saturated carbocycles. The summed E-state index contributed by atoms with van der Waals surface area (Å²) in [4.78, 5) is 10.6. The number of carboxylic acid groups (broad SMARTS) is 1. The molecule has 0 aliphatic heterocycles. The quantitative estimate of drug-likeness (QED) is 0.643. The predicted octanol–water partition coefficient (Wildman–Crippen LogP) is 1.13. The predicted molar refractivity (Wildman–Crippen MR) is 57.7 cm³/mol. The third-order valence-corrected chi connectivity index (χ3v) is 3.08. The highest BCUT2D eigenvalue weighted by Gasteiger charge is 2.22. The summed E-state index contributed by atoms with van der Waals surface area (Å²) < 4.78 is 0. The molecule has 1 aliphatic carbocycles. The largest absolute Gasteiger partial charge is 0.481 e. The lowest BCUT2D eigenvalue weighted by atomic mass is 9.92. The molecule has 15 heavy (non-hydrogen) atoms. The van der Waals surface area contributed by atoms with Crippen LogP contribution in [0.2, 0.25) is 0 Å². The van der Waals surface area contributed by atoms with Crippen molar-refractivity contribution in [3.63, 3.8) is 0 Å². The molecule has 0 heterocycles. The molecule has 0 radical (unpaired) electrons. The summed E-state index contributed by atoms with van der Waals surface area (Å²) in [5, 5.41) is 21.4. The molecule has 1 fully saturated rings. The van der Waals surface area contributed by atoms with E-state index < -0.39 is 5.97 Å². The highest BCUT2D eigenvalue weighted by atomic mass is 16.4. The second kappa shape index (κ2) is 6.08. The summed E-state index contributed by atoms with van der Waals surface area (Å²) in [5.74, 6) is -0.745. The van der Waals surface area contributed by atoms with E-state index in [1.165, 1.54) is 0 Å². The molecule has 0 bridgehead atoms. The van der Waals surface area contributed by atoms with Crippen LogP contribution in [0.5, 0.6) is 0 Å². The van der Waals surface area contributed by atoms with Crippen LogP contribution in [-0.2, 0) is 4.79 Å². The standard InChI is InChI=1S/C11H21NO3/c1-2-8(7-11(14)15)12-9-3-5-10(13)6-4-9/h8-10,12-13H,2-7H2,1H3,(H,14,15). The Kier molecular flexibility index (Phi) is 5.05. The Morgan fingerprint density at radius 2 is 2.00 bits per heavy atom. The zero-order valence-corrected chi connectivity index (χ0v) is 9.28. The first-order valence-electron chi connectivity index (χ1n) is 5.77. The van der Waals surface area contributed by atoms with E-state index in [1.54, 1.807) is 0 Å². The molecule has 1 atom stereocenters. The lowest BCUT2D eigenvalue weighted by molar-refractivity contribution is -0.137. The summed E-state index contributed by atoms with van der Waals surface area (Å²) in [5.41, 5.74) is 0. The smallest absolute Gasteiger partial charge is 0.304 e. The topological polar surface area (TPSA) is 69.6 Å². The van der Waals surface area contributed by atoms with E-state index in [0.717, 1.165) is 32.1 Å². The van der Waals surface area contributed by atoms with E-state index in [0.29, 0.717) is 6.04 Å². The van der Waals surface area contributed by atoms with Gasteiger partial charge >= 0.3 is 5.97 Å². The summed E-state index contributed by atoms with van der Waals surface area (Å²) in [6, 6.07) is 0.459. The van der Waals surface area contributed by atoms with Crippen LogP contribution < -0.4 is 5.32 Å². The number of aliphatic hydroxyl groups excluding tert-OH is 1. The molecule has 1 rings (SSSR count). The highest BCUT2D eigenvalue weighted by molar-refractivity contribution is 5.67. The van der Waals surface area contributed by atoms with Crippen molar-refractivity contribution in [3.05, 3.63) is 0 Å². The van der Waals surface area contributed by atoms with Crippen molar-refractivity contribution in [3.8, 4) is 0 Å². The number of rotatable bonds is 5. The summed E-state index contributed by atoms with van der Waals surface area (Å²) >= 11 is 0. The Bertz CT molecular complexity index is 200. The van der Waals surface area contributed by atoms with Gasteiger partial charge in [-0.05, 0) is 32.1 Å². The minimum Gasteiger partial charge on any atom is -0.481 e. The van der Waals surface area contributed by atoms with Crippen LogP contribution in [0.1, 0.15) is 45.4 Å². The highest BCUT2D eigenvalue weighted by Crippen LogP contribution is 2.19. The van der Waals surface area contributed by atoms with E-state index in [-0.39, 0.29) is 18.6 Å². The number of aliphatic carboxylic acids is 1. The van der Waals surface area contributed by atoms with E-state index >= 15 is 0 Å². The third kappa shape index (κ3) is 4.62. The maximum atomic E-state index is 10.6. The van der Waals surface area contributed by atoms with Crippen molar-refractivity contribution in [2.24, 2.45) is 0 Å². The zero-order chi connectivity index (χ0) is 11.3. The molecule has 1 unspecified atom stereocenters. The van der Waals surface area contributed by atoms with Gasteiger partial charge in [0, 0.05) is 12.1 Å². The van der Waals surface area contributed by atoms with Crippen LogP contribution in [-0.4, -0.2) is 34.4 Å². The fraction of sp³-hybridized carbons (Fsp3) is 0.909. The van der Waals surface area contributed by atoms with Crippen LogP contribution in [0.3, 0.4) is 0 Å². The van der Waals surface area contributed by atoms with Crippen LogP contribution in [0, 0.1) is 0 Å². The number of nitrogens with one attached hydrogen (secondary N) is 1. The maximum absolute atomic E-state index is 10.6. The SMILES string of the molecule is CCC(CC(=O)O)NC1CCC(O)CC1. The molecule has 0 spiro atoms. The first kappa shape index (κ1) is 12.5. The summed E-state index contributed by atoms with van der Waals surface area (Å²) in [7, 11) is 0. The fourth-order valence-electron chi connectivity index (χ4n) is 2.11. The van der Waals surface area contributed by atoms with Crippen molar-refractivity contribution in [2.45, 2.75) is 63.6 Å². The van der Waals surface area contributed by atoms with Crippen molar-refractivity contribution < 1.29 is 15.0 Å². The molecule has 0 aromatic heterocycles. The molecule has 0 saturated heterocycles. The first-order chi connectivity index (χ1) is 7.11. The van der Waals surface area contributed by atoms with Gasteiger partial charge in [-0.25, -0.2) is 0 Å². The number of hydrogen-bond donors (Lipinski definition) is 3. The van der Waals surface area contributed by atoms with Gasteiger partial charge in [0.15, 0.2) is 0 Å². The van der Waals surface area contributed by atoms with E-state index in [1.807, 2.05) is 6.92 Å². The Hall–Kier alpha value is -0.610. The Morgan fingerprint density at radius 1 is 1.40 bits per heavy atom. The number of carboxylic acids is 1. The molecule has 0 aromatic carbocycles. The fourth-order valence-corrected chi connectivity index (χ4v) is 2.11. The summed E-state index contributed by atoms with van der Waals surface area (Å²) in [6.45, 7) is 2.00. The van der Waals surface area contributed by atoms with Gasteiger partial charge in [-0.15, -0.1) is 0 Å². The van der Waals surface area contributed by atoms with Gasteiger partial charge < -0.3 is 15.5 Å². The average Bonchev–Trinajstić information content (AvgIpc) is 2.19. The molecule has 4 heteroatoms. The molecule has 1 aliphatic rings. The average molecular weight is 215 g/mol. The monoisotopic (exact) mass is 215 g/mol. The van der Waals surface area contributed by atoms with Gasteiger partial charge in [0.2, 0.25) is 0 Å². The molecular weight excluding hydrogens is 194 g/mol. The number of carbonyl (C=O) groups is 1. The lowest BCUT2D eigenvalue weighted by Crippen LogP contribution is -2.42. The Balaban J connectivity index is 2.28. The van der Waals surface area contributed by atoms with Gasteiger partial charge in [-0.1, -0.05) is 6.92 Å². The van der Waals surface area contributed by atoms with Gasteiger partial charge in [0.25, 0.3) is 0 Å². The minimum absolute atomic E-state index is 0.0720. The molecular formula is C11H21NO3. The van der Waals surface area contributed by atoms with Gasteiger partial charge in [-0.2, -0.15) is 0 Å². The zero-order valence-electron chi connectivity index (χ0n) is 9.28. The van der Waals surface area contributed by atoms with Crippen molar-refractivity contribution in [1.29, 1.82) is 0 Å². The van der Waals surface area contributed by atoms with Crippen molar-refractivity contribution in [2.75, 3.05) is 0 Å². The number of aliphatic hydroxyl groups is 1. The van der Waals surface area contributed by atoms with E-state index in [9.17, 15) is 9.90 Å². The second-order valence-electron chi connectivity index (χ2n) is 4.38. The van der Waals surface area contributed by atoms with E-state index in [4.69, 9.17) is 5.11 Å². The number of hydrogen-bond acceptors (Lipinski definition) is 3. The van der Waals surface area contributed by atoms with Crippen LogP contribution >= 0.6 is 0 Å². The van der Waals surface area contributed by atoms with E-state index in [2.05, 4.69) is 5.32 Å². The molecule has 0 amide bonds.